The number of amides is 1. The van der Waals surface area contributed by atoms with Gasteiger partial charge in [0.1, 0.15) is 11.5 Å². The van der Waals surface area contributed by atoms with E-state index in [-0.39, 0.29) is 5.91 Å². The van der Waals surface area contributed by atoms with Gasteiger partial charge in [0, 0.05) is 12.1 Å². The van der Waals surface area contributed by atoms with E-state index in [9.17, 15) is 4.79 Å². The molecule has 0 spiro atoms. The van der Waals surface area contributed by atoms with Gasteiger partial charge in [-0.2, -0.15) is 0 Å². The van der Waals surface area contributed by atoms with Crippen molar-refractivity contribution in [3.63, 3.8) is 0 Å². The normalized spacial score (nSPS) is 10.3. The van der Waals surface area contributed by atoms with Crippen LogP contribution in [-0.4, -0.2) is 20.1 Å². The van der Waals surface area contributed by atoms with Gasteiger partial charge in [-0.15, -0.1) is 11.3 Å². The molecule has 21 heavy (non-hydrogen) atoms. The molecule has 0 bridgehead atoms. The highest BCUT2D eigenvalue weighted by molar-refractivity contribution is 9.12. The fourth-order valence-corrected chi connectivity index (χ4v) is 4.67. The van der Waals surface area contributed by atoms with Crippen molar-refractivity contribution in [3.05, 3.63) is 36.4 Å². The number of thiophene rings is 1. The van der Waals surface area contributed by atoms with Crippen LogP contribution in [0.2, 0.25) is 5.02 Å². The molecule has 0 atom stereocenters. The number of carbonyl (C=O) groups is 1. The van der Waals surface area contributed by atoms with Crippen LogP contribution in [0.1, 0.15) is 10.4 Å². The van der Waals surface area contributed by atoms with Gasteiger partial charge in [-0.05, 0) is 37.9 Å². The summed E-state index contributed by atoms with van der Waals surface area (Å²) in [5.74, 6) is 0.657. The smallest absolute Gasteiger partial charge is 0.257 e. The molecule has 2 rings (SSSR count). The lowest BCUT2D eigenvalue weighted by atomic mass is 10.2. The maximum Gasteiger partial charge on any atom is 0.257 e. The number of hydrogen-bond acceptors (Lipinski definition) is 4. The monoisotopic (exact) mass is 453 g/mol. The molecule has 1 aromatic carbocycles. The lowest BCUT2D eigenvalue weighted by Gasteiger charge is -2.13. The van der Waals surface area contributed by atoms with Gasteiger partial charge in [-0.25, -0.2) is 0 Å². The molecule has 0 aliphatic heterocycles. The quantitative estimate of drug-likeness (QED) is 0.690. The zero-order chi connectivity index (χ0) is 15.6. The van der Waals surface area contributed by atoms with E-state index in [0.717, 1.165) is 7.57 Å². The minimum atomic E-state index is -0.258. The molecular weight excluding hydrogens is 445 g/mol. The highest BCUT2D eigenvalue weighted by Crippen LogP contribution is 2.37. The average Bonchev–Trinajstić information content (AvgIpc) is 2.79. The molecule has 0 fully saturated rings. The van der Waals surface area contributed by atoms with Crippen LogP contribution in [0.25, 0.3) is 0 Å². The zero-order valence-electron chi connectivity index (χ0n) is 11.0. The maximum absolute atomic E-state index is 12.3. The van der Waals surface area contributed by atoms with Crippen LogP contribution in [0.15, 0.2) is 25.8 Å². The van der Waals surface area contributed by atoms with Gasteiger partial charge in [0.25, 0.3) is 5.91 Å². The summed E-state index contributed by atoms with van der Waals surface area (Å²) in [4.78, 5) is 12.3. The summed E-state index contributed by atoms with van der Waals surface area (Å²) in [5.41, 5.74) is 1.01. The molecule has 2 aromatic rings. The molecule has 1 heterocycles. The Bertz CT molecular complexity index is 690. The second-order valence-electron chi connectivity index (χ2n) is 3.88. The molecule has 112 valence electrons. The fourth-order valence-electron chi connectivity index (χ4n) is 1.64. The second-order valence-corrected chi connectivity index (χ2v) is 8.04. The number of benzene rings is 1. The third-order valence-electron chi connectivity index (χ3n) is 2.62. The van der Waals surface area contributed by atoms with E-state index in [1.165, 1.54) is 25.6 Å². The summed E-state index contributed by atoms with van der Waals surface area (Å²) in [6.45, 7) is 0. The standard InChI is InChI=1S/C13H10Br2ClNO3S/c1-19-9-5-8(10(20-2)4-7(9)16)17-13(18)6-3-11(14)21-12(6)15/h3-5H,1-2H3,(H,17,18). The third kappa shape index (κ3) is 3.71. The molecule has 0 saturated carbocycles. The van der Waals surface area contributed by atoms with Crippen molar-refractivity contribution >= 4 is 66.4 Å². The Kier molecular flexibility index (Phi) is 5.54. The van der Waals surface area contributed by atoms with Crippen LogP contribution in [0.4, 0.5) is 5.69 Å². The number of nitrogens with one attached hydrogen (secondary N) is 1. The molecule has 0 saturated heterocycles. The van der Waals surface area contributed by atoms with Crippen LogP contribution in [-0.2, 0) is 0 Å². The predicted molar refractivity (Wildman–Crippen MR) is 92.2 cm³/mol. The molecule has 1 N–H and O–H groups in total. The first-order chi connectivity index (χ1) is 9.96. The van der Waals surface area contributed by atoms with Crippen molar-refractivity contribution in [3.8, 4) is 11.5 Å². The van der Waals surface area contributed by atoms with Gasteiger partial charge in [-0.1, -0.05) is 11.6 Å². The van der Waals surface area contributed by atoms with Crippen LogP contribution in [0.5, 0.6) is 11.5 Å². The number of rotatable bonds is 4. The van der Waals surface area contributed by atoms with E-state index in [0.29, 0.717) is 27.8 Å². The Morgan fingerprint density at radius 2 is 1.86 bits per heavy atom. The summed E-state index contributed by atoms with van der Waals surface area (Å²) < 4.78 is 12.0. The van der Waals surface area contributed by atoms with Gasteiger partial charge < -0.3 is 14.8 Å². The predicted octanol–water partition coefficient (Wildman–Crippen LogP) is 5.20. The highest BCUT2D eigenvalue weighted by Gasteiger charge is 2.17. The molecule has 0 unspecified atom stereocenters. The summed E-state index contributed by atoms with van der Waals surface area (Å²) in [5, 5.41) is 3.20. The summed E-state index contributed by atoms with van der Waals surface area (Å²) in [7, 11) is 3.01. The molecule has 0 aliphatic carbocycles. The number of anilines is 1. The number of methoxy groups -OCH3 is 2. The minimum absolute atomic E-state index is 0.258. The first kappa shape index (κ1) is 16.6. The Balaban J connectivity index is 2.34. The summed E-state index contributed by atoms with van der Waals surface area (Å²) in [6, 6.07) is 4.95. The highest BCUT2D eigenvalue weighted by atomic mass is 79.9. The van der Waals surface area contributed by atoms with Crippen molar-refractivity contribution in [2.24, 2.45) is 0 Å². The zero-order valence-corrected chi connectivity index (χ0v) is 15.7. The van der Waals surface area contributed by atoms with Gasteiger partial charge in [0.15, 0.2) is 0 Å². The van der Waals surface area contributed by atoms with Crippen LogP contribution < -0.4 is 14.8 Å². The number of carbonyl (C=O) groups excluding carboxylic acids is 1. The van der Waals surface area contributed by atoms with Crippen LogP contribution in [0, 0.1) is 0 Å². The Hall–Kier alpha value is -0.760. The topological polar surface area (TPSA) is 47.6 Å². The van der Waals surface area contributed by atoms with Crippen molar-refractivity contribution < 1.29 is 14.3 Å². The van der Waals surface area contributed by atoms with Crippen molar-refractivity contribution in [1.82, 2.24) is 0 Å². The second kappa shape index (κ2) is 7.00. The average molecular weight is 456 g/mol. The third-order valence-corrected chi connectivity index (χ3v) is 5.26. The van der Waals surface area contributed by atoms with Crippen molar-refractivity contribution in [1.29, 1.82) is 0 Å². The molecule has 1 aromatic heterocycles. The van der Waals surface area contributed by atoms with Crippen molar-refractivity contribution in [2.75, 3.05) is 19.5 Å². The van der Waals surface area contributed by atoms with Crippen LogP contribution >= 0.6 is 54.8 Å². The number of ether oxygens (including phenoxy) is 2. The molecule has 4 nitrogen and oxygen atoms in total. The lowest BCUT2D eigenvalue weighted by molar-refractivity contribution is 0.102. The van der Waals surface area contributed by atoms with Crippen LogP contribution in [0.3, 0.4) is 0 Å². The summed E-state index contributed by atoms with van der Waals surface area (Å²) >= 11 is 14.2. The molecular formula is C13H10Br2ClNO3S. The lowest BCUT2D eigenvalue weighted by Crippen LogP contribution is -2.12. The first-order valence-electron chi connectivity index (χ1n) is 5.64. The van der Waals surface area contributed by atoms with Gasteiger partial charge in [-0.3, -0.25) is 4.79 Å². The maximum atomic E-state index is 12.3. The molecule has 1 amide bonds. The van der Waals surface area contributed by atoms with Gasteiger partial charge in [0.2, 0.25) is 0 Å². The molecule has 8 heteroatoms. The van der Waals surface area contributed by atoms with E-state index < -0.39 is 0 Å². The molecule has 0 aliphatic rings. The van der Waals surface area contributed by atoms with E-state index >= 15 is 0 Å². The Labute approximate surface area is 147 Å². The SMILES string of the molecule is COc1cc(NC(=O)c2cc(Br)sc2Br)c(OC)cc1Cl. The number of hydrogen-bond donors (Lipinski definition) is 1. The van der Waals surface area contributed by atoms with Gasteiger partial charge in [0.05, 0.1) is 38.1 Å². The van der Waals surface area contributed by atoms with E-state index in [4.69, 9.17) is 21.1 Å². The summed E-state index contributed by atoms with van der Waals surface area (Å²) in [6.07, 6.45) is 0. The van der Waals surface area contributed by atoms with E-state index in [1.54, 1.807) is 18.2 Å². The first-order valence-corrected chi connectivity index (χ1v) is 8.42. The van der Waals surface area contributed by atoms with Crippen molar-refractivity contribution in [2.45, 2.75) is 0 Å². The number of halogens is 3. The van der Waals surface area contributed by atoms with E-state index in [2.05, 4.69) is 37.2 Å². The van der Waals surface area contributed by atoms with Gasteiger partial charge >= 0.3 is 0 Å². The van der Waals surface area contributed by atoms with E-state index in [1.807, 2.05) is 0 Å². The minimum Gasteiger partial charge on any atom is -0.495 e. The fraction of sp³-hybridized carbons (Fsp3) is 0.154. The molecule has 0 radical (unpaired) electrons. The largest absolute Gasteiger partial charge is 0.495 e. The Morgan fingerprint density at radius 3 is 2.38 bits per heavy atom. The Morgan fingerprint density at radius 1 is 1.19 bits per heavy atom.